The average molecular weight is 899 g/mol. The van der Waals surface area contributed by atoms with Crippen molar-refractivity contribution in [3.05, 3.63) is 59.3 Å². The van der Waals surface area contributed by atoms with Crippen LogP contribution in [0.1, 0.15) is 106 Å². The molecule has 1 saturated carbocycles. The Kier molecular flexibility index (Phi) is 15.1. The van der Waals surface area contributed by atoms with Gasteiger partial charge in [0.15, 0.2) is 18.4 Å². The van der Waals surface area contributed by atoms with Crippen LogP contribution in [-0.4, -0.2) is 139 Å². The number of hydrogen-bond donors (Lipinski definition) is 3. The molecule has 2 bridgehead atoms. The standard InChI is InChI=1S/C50H74O14/c1-27-13-12-16-34-26-57-47-42(51)30(4)21-37(50(34,47)54)48(53)60-36-22-35(63-49(25-36)20-19-29(3)45(64-49)33-14-10-9-11-15-33)18-17-28(2)44(27)61-41-24-39(56-8)46(32(6)59-41)62-40-23-38(55-7)43(52)31(5)58-40/h12-13,16-17,19-21,27,29,31-33,35-47,51-52,54H,9-11,14-15,18,22-26H2,1-8H3/b13-12+,28-17+,34-16?/t27-,29-,31-,32-,35+,36-,37-,38-,39-,40-,41-,42+,43-,44?,45-,46?,47+,49+,50+/m0/s1. The summed E-state index contributed by atoms with van der Waals surface area (Å²) in [6.07, 6.45) is 13.8. The Bertz CT molecular complexity index is 1790. The molecule has 14 nitrogen and oxygen atoms in total. The van der Waals surface area contributed by atoms with Gasteiger partial charge in [0, 0.05) is 51.7 Å². The Morgan fingerprint density at radius 3 is 2.28 bits per heavy atom. The van der Waals surface area contributed by atoms with E-state index >= 15 is 0 Å². The molecule has 8 rings (SSSR count). The maximum absolute atomic E-state index is 14.4. The second-order valence-corrected chi connectivity index (χ2v) is 20.0. The highest BCUT2D eigenvalue weighted by atomic mass is 16.7. The van der Waals surface area contributed by atoms with Gasteiger partial charge in [0.2, 0.25) is 0 Å². The number of methoxy groups -OCH3 is 2. The molecule has 0 aromatic heterocycles. The summed E-state index contributed by atoms with van der Waals surface area (Å²) in [5.74, 6) is -2.32. The van der Waals surface area contributed by atoms with E-state index in [1.807, 2.05) is 25.2 Å². The quantitative estimate of drug-likeness (QED) is 0.204. The van der Waals surface area contributed by atoms with Gasteiger partial charge in [0.25, 0.3) is 0 Å². The molecular formula is C50H74O14. The number of allylic oxidation sites excluding steroid dienone is 2. The molecule has 64 heavy (non-hydrogen) atoms. The molecule has 0 aromatic rings. The first-order chi connectivity index (χ1) is 30.6. The Hall–Kier alpha value is -2.31. The average Bonchev–Trinajstić information content (AvgIpc) is 3.62. The van der Waals surface area contributed by atoms with Crippen molar-refractivity contribution < 1.29 is 67.5 Å². The highest BCUT2D eigenvalue weighted by Gasteiger charge is 2.60. The summed E-state index contributed by atoms with van der Waals surface area (Å²) in [6, 6.07) is 0. The molecule has 358 valence electrons. The van der Waals surface area contributed by atoms with Crippen LogP contribution in [0.5, 0.6) is 0 Å². The number of aliphatic hydroxyl groups excluding tert-OH is 2. The van der Waals surface area contributed by atoms with Crippen LogP contribution in [0, 0.1) is 23.7 Å². The normalized spacial score (nSPS) is 48.4. The van der Waals surface area contributed by atoms with Gasteiger partial charge >= 0.3 is 5.97 Å². The van der Waals surface area contributed by atoms with Crippen molar-refractivity contribution in [1.29, 1.82) is 0 Å². The van der Waals surface area contributed by atoms with Gasteiger partial charge in [-0.1, -0.05) is 69.6 Å². The largest absolute Gasteiger partial charge is 0.462 e. The lowest BCUT2D eigenvalue weighted by Crippen LogP contribution is -2.58. The van der Waals surface area contributed by atoms with Crippen LogP contribution in [-0.2, 0) is 52.2 Å². The molecule has 0 radical (unpaired) electrons. The van der Waals surface area contributed by atoms with Crippen molar-refractivity contribution in [3.8, 4) is 0 Å². The summed E-state index contributed by atoms with van der Waals surface area (Å²) >= 11 is 0. The maximum Gasteiger partial charge on any atom is 0.316 e. The van der Waals surface area contributed by atoms with Crippen LogP contribution in [0.2, 0.25) is 0 Å². The molecule has 8 aliphatic rings. The number of hydrogen-bond acceptors (Lipinski definition) is 14. The van der Waals surface area contributed by atoms with E-state index in [0.29, 0.717) is 49.2 Å². The molecule has 2 unspecified atom stereocenters. The van der Waals surface area contributed by atoms with E-state index in [0.717, 1.165) is 18.4 Å². The summed E-state index contributed by atoms with van der Waals surface area (Å²) < 4.78 is 64.1. The van der Waals surface area contributed by atoms with Crippen molar-refractivity contribution >= 4 is 5.97 Å². The summed E-state index contributed by atoms with van der Waals surface area (Å²) in [5.41, 5.74) is 0.166. The topological polar surface area (TPSA) is 170 Å². The van der Waals surface area contributed by atoms with Gasteiger partial charge in [-0.05, 0) is 75.7 Å². The van der Waals surface area contributed by atoms with Crippen molar-refractivity contribution in [3.63, 3.8) is 0 Å². The summed E-state index contributed by atoms with van der Waals surface area (Å²) in [4.78, 5) is 14.4. The van der Waals surface area contributed by atoms with E-state index in [-0.39, 0.29) is 36.8 Å². The van der Waals surface area contributed by atoms with E-state index in [1.54, 1.807) is 40.2 Å². The summed E-state index contributed by atoms with van der Waals surface area (Å²) in [7, 11) is 3.23. The number of carbonyl (C=O) groups excluding carboxylic acids is 1. The van der Waals surface area contributed by atoms with Crippen LogP contribution in [0.25, 0.3) is 0 Å². The number of carbonyl (C=O) groups is 1. The third kappa shape index (κ3) is 9.82. The first kappa shape index (κ1) is 48.2. The molecule has 2 aliphatic carbocycles. The van der Waals surface area contributed by atoms with Crippen molar-refractivity contribution in [2.24, 2.45) is 23.7 Å². The van der Waals surface area contributed by atoms with Gasteiger partial charge in [0.1, 0.15) is 42.0 Å². The van der Waals surface area contributed by atoms with Crippen LogP contribution < -0.4 is 0 Å². The predicted octanol–water partition coefficient (Wildman–Crippen LogP) is 5.91. The summed E-state index contributed by atoms with van der Waals surface area (Å²) in [6.45, 7) is 11.9. The zero-order chi connectivity index (χ0) is 45.5. The molecule has 4 saturated heterocycles. The zero-order valence-electron chi connectivity index (χ0n) is 39.0. The number of esters is 1. The second-order valence-electron chi connectivity index (χ2n) is 20.0. The Labute approximate surface area is 379 Å². The molecule has 14 heteroatoms. The lowest BCUT2D eigenvalue weighted by Gasteiger charge is -2.49. The fraction of sp³-hybridized carbons (Fsp3) is 0.780. The first-order valence-corrected chi connectivity index (χ1v) is 24.0. The van der Waals surface area contributed by atoms with Gasteiger partial charge in [-0.25, -0.2) is 0 Å². The van der Waals surface area contributed by atoms with Crippen molar-refractivity contribution in [2.75, 3.05) is 20.8 Å². The Morgan fingerprint density at radius 2 is 1.53 bits per heavy atom. The number of fused-ring (bicyclic) bond motifs is 2. The molecule has 6 aliphatic heterocycles. The minimum atomic E-state index is -1.83. The van der Waals surface area contributed by atoms with Gasteiger partial charge < -0.3 is 62.7 Å². The number of aliphatic hydroxyl groups is 3. The van der Waals surface area contributed by atoms with Crippen molar-refractivity contribution in [2.45, 2.75) is 203 Å². The molecule has 1 spiro atoms. The molecule has 5 fully saturated rings. The fourth-order valence-corrected chi connectivity index (χ4v) is 11.7. The Morgan fingerprint density at radius 1 is 0.812 bits per heavy atom. The molecule has 0 amide bonds. The lowest BCUT2D eigenvalue weighted by atomic mass is 9.71. The minimum Gasteiger partial charge on any atom is -0.462 e. The highest BCUT2D eigenvalue weighted by Crippen LogP contribution is 2.48. The molecule has 3 N–H and O–H groups in total. The third-order valence-electron chi connectivity index (χ3n) is 15.4. The summed E-state index contributed by atoms with van der Waals surface area (Å²) in [5, 5.41) is 34.3. The smallest absolute Gasteiger partial charge is 0.316 e. The van der Waals surface area contributed by atoms with Crippen LogP contribution >= 0.6 is 0 Å². The van der Waals surface area contributed by atoms with E-state index in [4.69, 9.17) is 47.4 Å². The lowest BCUT2D eigenvalue weighted by molar-refractivity contribution is -0.318. The van der Waals surface area contributed by atoms with E-state index in [2.05, 4.69) is 32.9 Å². The van der Waals surface area contributed by atoms with Gasteiger partial charge in [-0.2, -0.15) is 0 Å². The van der Waals surface area contributed by atoms with Crippen LogP contribution in [0.3, 0.4) is 0 Å². The molecular weight excluding hydrogens is 825 g/mol. The Balaban J connectivity index is 1.08. The molecule has 19 atom stereocenters. The minimum absolute atomic E-state index is 0.0242. The fourth-order valence-electron chi connectivity index (χ4n) is 11.7. The maximum atomic E-state index is 14.4. The van der Waals surface area contributed by atoms with Gasteiger partial charge in [0.05, 0.1) is 49.3 Å². The van der Waals surface area contributed by atoms with Crippen LogP contribution in [0.4, 0.5) is 0 Å². The number of rotatable bonds is 7. The highest BCUT2D eigenvalue weighted by molar-refractivity contribution is 5.78. The van der Waals surface area contributed by atoms with E-state index in [1.165, 1.54) is 19.3 Å². The predicted molar refractivity (Wildman–Crippen MR) is 234 cm³/mol. The monoisotopic (exact) mass is 899 g/mol. The molecule has 0 aromatic carbocycles. The zero-order valence-corrected chi connectivity index (χ0v) is 39.0. The first-order valence-electron chi connectivity index (χ1n) is 24.0. The number of ether oxygens (including phenoxy) is 10. The third-order valence-corrected chi connectivity index (χ3v) is 15.4. The van der Waals surface area contributed by atoms with Crippen molar-refractivity contribution in [1.82, 2.24) is 0 Å². The van der Waals surface area contributed by atoms with Crippen LogP contribution in [0.15, 0.2) is 59.3 Å². The van der Waals surface area contributed by atoms with E-state index < -0.39 is 90.8 Å². The molecule has 6 heterocycles. The SMILES string of the molecule is CO[C@H]1C[C@H](OC2/C(C)=C/C[C@@H]3C[C@@H](C[C@]4(C=C[C@H](C)[C@@H](C5CCCCC5)O4)O3)OC(=O)[C@@H]3C=C(C)[C@@H](O)[C@H]4OCC(=C/C=C/[C@@H]2C)[C@]43O)O[C@@H](C)C1O[C@H]1C[C@H](OC)[C@@H](O)[C@H](C)O1. The van der Waals surface area contributed by atoms with Gasteiger partial charge in [-0.15, -0.1) is 0 Å². The van der Waals surface area contributed by atoms with E-state index in [9.17, 15) is 20.1 Å². The second kappa shape index (κ2) is 20.1. The van der Waals surface area contributed by atoms with Gasteiger partial charge in [-0.3, -0.25) is 4.79 Å².